The summed E-state index contributed by atoms with van der Waals surface area (Å²) in [5, 5.41) is 14.3. The molecule has 1 aliphatic rings. The first-order valence-electron chi connectivity index (χ1n) is 6.96. The van der Waals surface area contributed by atoms with Crippen molar-refractivity contribution in [3.05, 3.63) is 33.9 Å². The van der Waals surface area contributed by atoms with Crippen molar-refractivity contribution in [3.63, 3.8) is 0 Å². The fourth-order valence-corrected chi connectivity index (χ4v) is 2.46. The van der Waals surface area contributed by atoms with Crippen molar-refractivity contribution < 1.29 is 4.92 Å². The van der Waals surface area contributed by atoms with Crippen LogP contribution in [0.1, 0.15) is 5.56 Å². The standard InChI is InChI=1S/C14H22N4O2/c1-12-4-3-5-13(14(12)18(19)20)15-6-7-17-10-8-16(2)9-11-17/h3-5,15H,6-11H2,1-2H3. The molecule has 1 aromatic rings. The highest BCUT2D eigenvalue weighted by Crippen LogP contribution is 2.27. The van der Waals surface area contributed by atoms with Gasteiger partial charge in [-0.2, -0.15) is 0 Å². The quantitative estimate of drug-likeness (QED) is 0.654. The van der Waals surface area contributed by atoms with Crippen LogP contribution in [0, 0.1) is 17.0 Å². The minimum atomic E-state index is -0.312. The van der Waals surface area contributed by atoms with Crippen molar-refractivity contribution in [1.29, 1.82) is 0 Å². The number of nitro groups is 1. The second kappa shape index (κ2) is 6.67. The molecule has 6 heteroatoms. The zero-order valence-corrected chi connectivity index (χ0v) is 12.1. The minimum absolute atomic E-state index is 0.186. The molecule has 110 valence electrons. The molecule has 1 N–H and O–H groups in total. The lowest BCUT2D eigenvalue weighted by Gasteiger charge is -2.32. The van der Waals surface area contributed by atoms with E-state index < -0.39 is 0 Å². The van der Waals surface area contributed by atoms with E-state index >= 15 is 0 Å². The first-order valence-corrected chi connectivity index (χ1v) is 6.96. The molecule has 0 amide bonds. The number of benzene rings is 1. The predicted octanol–water partition coefficient (Wildman–Crippen LogP) is 1.56. The molecule has 0 saturated carbocycles. The first-order chi connectivity index (χ1) is 9.58. The molecule has 1 fully saturated rings. The zero-order valence-electron chi connectivity index (χ0n) is 12.1. The largest absolute Gasteiger partial charge is 0.378 e. The smallest absolute Gasteiger partial charge is 0.295 e. The normalized spacial score (nSPS) is 17.1. The molecular formula is C14H22N4O2. The molecule has 0 atom stereocenters. The molecule has 0 unspecified atom stereocenters. The summed E-state index contributed by atoms with van der Waals surface area (Å²) in [6.45, 7) is 7.72. The maximum absolute atomic E-state index is 11.1. The summed E-state index contributed by atoms with van der Waals surface area (Å²) in [7, 11) is 2.13. The summed E-state index contributed by atoms with van der Waals surface area (Å²) in [4.78, 5) is 15.5. The molecule has 2 rings (SSSR count). The summed E-state index contributed by atoms with van der Waals surface area (Å²) in [5.74, 6) is 0. The summed E-state index contributed by atoms with van der Waals surface area (Å²) >= 11 is 0. The summed E-state index contributed by atoms with van der Waals surface area (Å²) in [6.07, 6.45) is 0. The van der Waals surface area contributed by atoms with E-state index in [1.54, 1.807) is 19.1 Å². The van der Waals surface area contributed by atoms with E-state index in [1.807, 2.05) is 6.07 Å². The molecule has 6 nitrogen and oxygen atoms in total. The Morgan fingerprint density at radius 3 is 2.65 bits per heavy atom. The number of para-hydroxylation sites is 1. The third-order valence-electron chi connectivity index (χ3n) is 3.76. The van der Waals surface area contributed by atoms with Crippen LogP contribution in [0.15, 0.2) is 18.2 Å². The third-order valence-corrected chi connectivity index (χ3v) is 3.76. The number of nitrogens with one attached hydrogen (secondary N) is 1. The highest BCUT2D eigenvalue weighted by molar-refractivity contribution is 5.64. The van der Waals surface area contributed by atoms with E-state index in [2.05, 4.69) is 22.2 Å². The van der Waals surface area contributed by atoms with Crippen molar-refractivity contribution in [2.24, 2.45) is 0 Å². The van der Waals surface area contributed by atoms with Gasteiger partial charge in [0.15, 0.2) is 0 Å². The number of hydrogen-bond donors (Lipinski definition) is 1. The van der Waals surface area contributed by atoms with E-state index in [0.717, 1.165) is 39.3 Å². The summed E-state index contributed by atoms with van der Waals surface area (Å²) < 4.78 is 0. The van der Waals surface area contributed by atoms with Crippen LogP contribution in [0.3, 0.4) is 0 Å². The van der Waals surface area contributed by atoms with Gasteiger partial charge in [-0.05, 0) is 20.0 Å². The van der Waals surface area contributed by atoms with Gasteiger partial charge in [-0.15, -0.1) is 0 Å². The van der Waals surface area contributed by atoms with Crippen molar-refractivity contribution in [3.8, 4) is 0 Å². The fraction of sp³-hybridized carbons (Fsp3) is 0.571. The lowest BCUT2D eigenvalue weighted by Crippen LogP contribution is -2.45. The van der Waals surface area contributed by atoms with Crippen LogP contribution in [-0.2, 0) is 0 Å². The number of nitro benzene ring substituents is 1. The van der Waals surface area contributed by atoms with Gasteiger partial charge in [0, 0.05) is 44.8 Å². The van der Waals surface area contributed by atoms with Crippen LogP contribution < -0.4 is 5.32 Å². The van der Waals surface area contributed by atoms with Crippen LogP contribution in [0.25, 0.3) is 0 Å². The molecule has 1 aromatic carbocycles. The lowest BCUT2D eigenvalue weighted by molar-refractivity contribution is -0.384. The average molecular weight is 278 g/mol. The van der Waals surface area contributed by atoms with E-state index in [4.69, 9.17) is 0 Å². The second-order valence-electron chi connectivity index (χ2n) is 5.30. The minimum Gasteiger partial charge on any atom is -0.378 e. The van der Waals surface area contributed by atoms with Gasteiger partial charge in [-0.1, -0.05) is 12.1 Å². The number of piperazine rings is 1. The van der Waals surface area contributed by atoms with Crippen LogP contribution in [0.2, 0.25) is 0 Å². The van der Waals surface area contributed by atoms with Gasteiger partial charge in [0.2, 0.25) is 0 Å². The Balaban J connectivity index is 1.88. The molecule has 0 radical (unpaired) electrons. The zero-order chi connectivity index (χ0) is 14.5. The molecule has 0 spiro atoms. The van der Waals surface area contributed by atoms with Crippen molar-refractivity contribution in [2.45, 2.75) is 6.92 Å². The van der Waals surface area contributed by atoms with Crippen molar-refractivity contribution >= 4 is 11.4 Å². The van der Waals surface area contributed by atoms with Crippen molar-refractivity contribution in [2.75, 3.05) is 51.6 Å². The topological polar surface area (TPSA) is 61.6 Å². The average Bonchev–Trinajstić information content (AvgIpc) is 2.40. The van der Waals surface area contributed by atoms with Gasteiger partial charge in [0.25, 0.3) is 5.69 Å². The molecule has 1 saturated heterocycles. The second-order valence-corrected chi connectivity index (χ2v) is 5.30. The monoisotopic (exact) mass is 278 g/mol. The summed E-state index contributed by atoms with van der Waals surface area (Å²) in [6, 6.07) is 5.39. The van der Waals surface area contributed by atoms with Crippen LogP contribution in [-0.4, -0.2) is 61.0 Å². The highest BCUT2D eigenvalue weighted by atomic mass is 16.6. The van der Waals surface area contributed by atoms with Crippen molar-refractivity contribution in [1.82, 2.24) is 9.80 Å². The van der Waals surface area contributed by atoms with Crippen LogP contribution >= 0.6 is 0 Å². The SMILES string of the molecule is Cc1cccc(NCCN2CCN(C)CC2)c1[N+](=O)[O-]. The Morgan fingerprint density at radius 2 is 2.00 bits per heavy atom. The number of rotatable bonds is 5. The number of aryl methyl sites for hydroxylation is 1. The van der Waals surface area contributed by atoms with E-state index in [9.17, 15) is 10.1 Å². The third kappa shape index (κ3) is 3.68. The van der Waals surface area contributed by atoms with Gasteiger partial charge in [-0.25, -0.2) is 0 Å². The van der Waals surface area contributed by atoms with Gasteiger partial charge in [0.05, 0.1) is 4.92 Å². The Morgan fingerprint density at radius 1 is 1.30 bits per heavy atom. The van der Waals surface area contributed by atoms with Gasteiger partial charge in [-0.3, -0.25) is 15.0 Å². The van der Waals surface area contributed by atoms with E-state index in [1.165, 1.54) is 0 Å². The van der Waals surface area contributed by atoms with Crippen LogP contribution in [0.4, 0.5) is 11.4 Å². The number of hydrogen-bond acceptors (Lipinski definition) is 5. The fourth-order valence-electron chi connectivity index (χ4n) is 2.46. The Kier molecular flexibility index (Phi) is 4.92. The highest BCUT2D eigenvalue weighted by Gasteiger charge is 2.17. The summed E-state index contributed by atoms with van der Waals surface area (Å²) in [5.41, 5.74) is 1.50. The molecule has 1 aliphatic heterocycles. The lowest BCUT2D eigenvalue weighted by atomic mass is 10.1. The maximum atomic E-state index is 11.1. The van der Waals surface area contributed by atoms with E-state index in [-0.39, 0.29) is 10.6 Å². The molecule has 20 heavy (non-hydrogen) atoms. The Hall–Kier alpha value is -1.66. The molecule has 0 bridgehead atoms. The molecule has 0 aromatic heterocycles. The van der Waals surface area contributed by atoms with Gasteiger partial charge in [0.1, 0.15) is 5.69 Å². The number of anilines is 1. The Bertz CT molecular complexity index is 470. The molecule has 1 heterocycles. The van der Waals surface area contributed by atoms with Gasteiger partial charge >= 0.3 is 0 Å². The van der Waals surface area contributed by atoms with Gasteiger partial charge < -0.3 is 10.2 Å². The maximum Gasteiger partial charge on any atom is 0.295 e. The molecule has 0 aliphatic carbocycles. The van der Waals surface area contributed by atoms with Crippen LogP contribution in [0.5, 0.6) is 0 Å². The molecular weight excluding hydrogens is 256 g/mol. The first kappa shape index (κ1) is 14.7. The predicted molar refractivity (Wildman–Crippen MR) is 80.3 cm³/mol. The van der Waals surface area contributed by atoms with E-state index in [0.29, 0.717) is 11.3 Å². The Labute approximate surface area is 119 Å². The number of nitrogens with zero attached hydrogens (tertiary/aromatic N) is 3. The number of likely N-dealkylation sites (N-methyl/N-ethyl adjacent to an activating group) is 1.